The van der Waals surface area contributed by atoms with Crippen LogP contribution in [0, 0.1) is 0 Å². The number of nitrogens with one attached hydrogen (secondary N) is 1. The summed E-state index contributed by atoms with van der Waals surface area (Å²) in [6.45, 7) is 8.36. The molecule has 1 saturated heterocycles. The maximum atomic E-state index is 12.5. The van der Waals surface area contributed by atoms with Crippen LogP contribution in [0.5, 0.6) is 5.75 Å². The van der Waals surface area contributed by atoms with E-state index in [1.807, 2.05) is 23.1 Å². The van der Waals surface area contributed by atoms with Crippen LogP contribution < -0.4 is 10.1 Å². The van der Waals surface area contributed by atoms with E-state index in [0.29, 0.717) is 6.54 Å². The van der Waals surface area contributed by atoms with Crippen molar-refractivity contribution in [1.29, 1.82) is 0 Å². The van der Waals surface area contributed by atoms with Gasteiger partial charge < -0.3 is 15.0 Å². The van der Waals surface area contributed by atoms with Crippen molar-refractivity contribution in [2.45, 2.75) is 45.7 Å². The second-order valence-electron chi connectivity index (χ2n) is 6.86. The summed E-state index contributed by atoms with van der Waals surface area (Å²) in [6.07, 6.45) is 1.64. The number of benzene rings is 1. The first-order valence-electron chi connectivity index (χ1n) is 9.37. The summed E-state index contributed by atoms with van der Waals surface area (Å²) in [5.74, 6) is 0.981. The van der Waals surface area contributed by atoms with Crippen molar-refractivity contribution in [2.75, 3.05) is 33.3 Å². The number of rotatable bonds is 7. The van der Waals surface area contributed by atoms with E-state index in [1.54, 1.807) is 14.0 Å². The highest BCUT2D eigenvalue weighted by Crippen LogP contribution is 2.23. The van der Waals surface area contributed by atoms with E-state index in [-0.39, 0.29) is 23.9 Å². The summed E-state index contributed by atoms with van der Waals surface area (Å²) in [7, 11) is 1.66. The van der Waals surface area contributed by atoms with Gasteiger partial charge in [-0.05, 0) is 44.0 Å². The molecule has 1 aliphatic rings. The molecule has 1 aromatic carbocycles. The topological polar surface area (TPSA) is 61.9 Å². The zero-order valence-corrected chi connectivity index (χ0v) is 16.3. The smallest absolute Gasteiger partial charge is 0.234 e. The van der Waals surface area contributed by atoms with Gasteiger partial charge in [-0.25, -0.2) is 0 Å². The molecule has 1 N–H and O–H groups in total. The average molecular weight is 361 g/mol. The fourth-order valence-corrected chi connectivity index (χ4v) is 3.43. The predicted octanol–water partition coefficient (Wildman–Crippen LogP) is 2.21. The van der Waals surface area contributed by atoms with Crippen LogP contribution in [0.3, 0.4) is 0 Å². The van der Waals surface area contributed by atoms with E-state index in [2.05, 4.69) is 30.1 Å². The lowest BCUT2D eigenvalue weighted by Crippen LogP contribution is -2.48. The summed E-state index contributed by atoms with van der Waals surface area (Å²) >= 11 is 0. The fraction of sp³-hybridized carbons (Fsp3) is 0.600. The molecule has 2 amide bonds. The second-order valence-corrected chi connectivity index (χ2v) is 6.86. The fourth-order valence-electron chi connectivity index (χ4n) is 3.43. The molecule has 2 rings (SSSR count). The molecular weight excluding hydrogens is 330 g/mol. The number of carbonyl (C=O) groups is 2. The average Bonchev–Trinajstić information content (AvgIpc) is 2.66. The van der Waals surface area contributed by atoms with Crippen molar-refractivity contribution < 1.29 is 14.3 Å². The number of hydrogen-bond donors (Lipinski definition) is 1. The van der Waals surface area contributed by atoms with Crippen LogP contribution in [0.15, 0.2) is 24.3 Å². The van der Waals surface area contributed by atoms with Crippen molar-refractivity contribution in [3.05, 3.63) is 29.8 Å². The molecular formula is C20H31N3O3. The normalized spacial score (nSPS) is 16.4. The minimum absolute atomic E-state index is 0.0443. The molecule has 0 spiro atoms. The van der Waals surface area contributed by atoms with Crippen LogP contribution in [-0.2, 0) is 9.59 Å². The summed E-state index contributed by atoms with van der Waals surface area (Å²) in [4.78, 5) is 27.9. The van der Waals surface area contributed by atoms with E-state index >= 15 is 0 Å². The Hall–Kier alpha value is -2.08. The van der Waals surface area contributed by atoms with Crippen molar-refractivity contribution in [3.8, 4) is 5.75 Å². The first-order chi connectivity index (χ1) is 12.4. The molecule has 0 aromatic heterocycles. The minimum Gasteiger partial charge on any atom is -0.497 e. The molecule has 1 aromatic rings. The Labute approximate surface area is 156 Å². The zero-order valence-electron chi connectivity index (χ0n) is 16.3. The highest BCUT2D eigenvalue weighted by Gasteiger charge is 2.23. The molecule has 1 aliphatic heterocycles. The Bertz CT molecular complexity index is 612. The van der Waals surface area contributed by atoms with E-state index in [1.165, 1.54) is 0 Å². The zero-order chi connectivity index (χ0) is 19.1. The number of hydrogen-bond acceptors (Lipinski definition) is 4. The maximum absolute atomic E-state index is 12.5. The molecule has 1 fully saturated rings. The quantitative estimate of drug-likeness (QED) is 0.809. The number of piperidine rings is 1. The van der Waals surface area contributed by atoms with E-state index < -0.39 is 0 Å². The Morgan fingerprint density at radius 3 is 2.62 bits per heavy atom. The van der Waals surface area contributed by atoms with Crippen molar-refractivity contribution in [3.63, 3.8) is 0 Å². The van der Waals surface area contributed by atoms with E-state index in [4.69, 9.17) is 4.74 Å². The molecule has 1 atom stereocenters. The van der Waals surface area contributed by atoms with Crippen LogP contribution >= 0.6 is 0 Å². The first kappa shape index (κ1) is 20.2. The van der Waals surface area contributed by atoms with Gasteiger partial charge in [-0.1, -0.05) is 19.1 Å². The molecule has 1 heterocycles. The van der Waals surface area contributed by atoms with Gasteiger partial charge in [-0.15, -0.1) is 0 Å². The highest BCUT2D eigenvalue weighted by atomic mass is 16.5. The number of ether oxygens (including phenoxy) is 1. The lowest BCUT2D eigenvalue weighted by Gasteiger charge is -2.33. The lowest BCUT2D eigenvalue weighted by molar-refractivity contribution is -0.130. The van der Waals surface area contributed by atoms with Gasteiger partial charge in [0.25, 0.3) is 0 Å². The van der Waals surface area contributed by atoms with Crippen LogP contribution in [0.1, 0.15) is 45.2 Å². The van der Waals surface area contributed by atoms with Crippen molar-refractivity contribution in [1.82, 2.24) is 15.1 Å². The van der Waals surface area contributed by atoms with Gasteiger partial charge in [0.15, 0.2) is 0 Å². The van der Waals surface area contributed by atoms with Crippen LogP contribution in [0.4, 0.5) is 0 Å². The first-order valence-corrected chi connectivity index (χ1v) is 9.37. The van der Waals surface area contributed by atoms with Crippen LogP contribution in [-0.4, -0.2) is 60.9 Å². The second kappa shape index (κ2) is 9.57. The van der Waals surface area contributed by atoms with Gasteiger partial charge in [0, 0.05) is 32.1 Å². The van der Waals surface area contributed by atoms with Gasteiger partial charge in [0.1, 0.15) is 5.75 Å². The number of likely N-dealkylation sites (tertiary alicyclic amines) is 1. The summed E-state index contributed by atoms with van der Waals surface area (Å²) < 4.78 is 5.30. The lowest BCUT2D eigenvalue weighted by atomic mass is 10.0. The monoisotopic (exact) mass is 361 g/mol. The number of amides is 2. The molecule has 6 heteroatoms. The Morgan fingerprint density at radius 1 is 1.35 bits per heavy atom. The molecule has 1 unspecified atom stereocenters. The largest absolute Gasteiger partial charge is 0.497 e. The standard InChI is InChI=1S/C20H31N3O3/c1-5-22(15(2)17-7-6-8-19(13-17)26-4)14-20(25)21-18-9-11-23(12-10-18)16(3)24/h6-8,13,15,18H,5,9-12,14H2,1-4H3,(H,21,25). The summed E-state index contributed by atoms with van der Waals surface area (Å²) in [6, 6.07) is 8.26. The molecule has 26 heavy (non-hydrogen) atoms. The maximum Gasteiger partial charge on any atom is 0.234 e. The van der Waals surface area contributed by atoms with Crippen LogP contribution in [0.2, 0.25) is 0 Å². The van der Waals surface area contributed by atoms with Crippen LogP contribution in [0.25, 0.3) is 0 Å². The Morgan fingerprint density at radius 2 is 2.04 bits per heavy atom. The van der Waals surface area contributed by atoms with E-state index in [9.17, 15) is 9.59 Å². The van der Waals surface area contributed by atoms with Gasteiger partial charge in [0.05, 0.1) is 13.7 Å². The Balaban J connectivity index is 1.88. The summed E-state index contributed by atoms with van der Waals surface area (Å²) in [5, 5.41) is 3.13. The highest BCUT2D eigenvalue weighted by molar-refractivity contribution is 5.78. The minimum atomic E-state index is 0.0443. The van der Waals surface area contributed by atoms with Gasteiger partial charge in [0.2, 0.25) is 11.8 Å². The van der Waals surface area contributed by atoms with Gasteiger partial charge in [-0.3, -0.25) is 14.5 Å². The van der Waals surface area contributed by atoms with Gasteiger partial charge in [-0.2, -0.15) is 0 Å². The van der Waals surface area contributed by atoms with E-state index in [0.717, 1.165) is 43.8 Å². The molecule has 0 bridgehead atoms. The number of methoxy groups -OCH3 is 1. The molecule has 0 radical (unpaired) electrons. The number of nitrogens with zero attached hydrogens (tertiary/aromatic N) is 2. The van der Waals surface area contributed by atoms with Gasteiger partial charge >= 0.3 is 0 Å². The summed E-state index contributed by atoms with van der Waals surface area (Å²) in [5.41, 5.74) is 1.13. The molecule has 0 aliphatic carbocycles. The SMILES string of the molecule is CCN(CC(=O)NC1CCN(C(C)=O)CC1)C(C)c1cccc(OC)c1. The van der Waals surface area contributed by atoms with Crippen molar-refractivity contribution >= 4 is 11.8 Å². The molecule has 0 saturated carbocycles. The third kappa shape index (κ3) is 5.46. The third-order valence-electron chi connectivity index (χ3n) is 5.18. The predicted molar refractivity (Wildman–Crippen MR) is 102 cm³/mol. The van der Waals surface area contributed by atoms with Crippen molar-refractivity contribution in [2.24, 2.45) is 0 Å². The molecule has 144 valence electrons. The number of carbonyl (C=O) groups excluding carboxylic acids is 2. The molecule has 6 nitrogen and oxygen atoms in total. The Kier molecular flexibility index (Phi) is 7.45. The number of likely N-dealkylation sites (N-methyl/N-ethyl adjacent to an activating group) is 1. The third-order valence-corrected chi connectivity index (χ3v) is 5.18.